The number of rotatable bonds is 5. The predicted molar refractivity (Wildman–Crippen MR) is 106 cm³/mol. The molecule has 0 atom stereocenters. The Morgan fingerprint density at radius 2 is 1.57 bits per heavy atom. The minimum atomic E-state index is 0.0146. The van der Waals surface area contributed by atoms with Crippen molar-refractivity contribution in [2.45, 2.75) is 37.6 Å². The van der Waals surface area contributed by atoms with E-state index in [1.165, 1.54) is 12.8 Å². The topological polar surface area (TPSA) is 59.2 Å². The van der Waals surface area contributed by atoms with Crippen LogP contribution in [0.25, 0.3) is 11.5 Å². The van der Waals surface area contributed by atoms with Crippen LogP contribution in [-0.4, -0.2) is 40.0 Å². The number of carbonyl (C=O) groups excluding carboxylic acids is 1. The average molecular weight is 373 g/mol. The Morgan fingerprint density at radius 1 is 0.893 bits per heavy atom. The molecule has 28 heavy (non-hydrogen) atoms. The van der Waals surface area contributed by atoms with Crippen molar-refractivity contribution in [3.8, 4) is 11.5 Å². The van der Waals surface area contributed by atoms with Gasteiger partial charge in [-0.3, -0.25) is 4.79 Å². The summed E-state index contributed by atoms with van der Waals surface area (Å²) in [5.74, 6) is 1.74. The molecule has 0 N–H and O–H groups in total. The van der Waals surface area contributed by atoms with Crippen molar-refractivity contribution < 1.29 is 9.32 Å². The van der Waals surface area contributed by atoms with E-state index in [1.807, 2.05) is 54.6 Å². The number of piperidine rings is 1. The number of carbonyl (C=O) groups is 1. The SMILES string of the molecule is O=C(c1ccccc1)c1ccc(-c2nc(C3CCN(C4CC4)CC3)no2)cc1. The summed E-state index contributed by atoms with van der Waals surface area (Å²) in [5, 5.41) is 4.24. The van der Waals surface area contributed by atoms with Crippen molar-refractivity contribution >= 4 is 5.78 Å². The third-order valence-electron chi connectivity index (χ3n) is 5.83. The minimum absolute atomic E-state index is 0.0146. The van der Waals surface area contributed by atoms with Gasteiger partial charge in [0.05, 0.1) is 0 Å². The number of ketones is 1. The second-order valence-electron chi connectivity index (χ2n) is 7.77. The van der Waals surface area contributed by atoms with Crippen molar-refractivity contribution in [1.29, 1.82) is 0 Å². The van der Waals surface area contributed by atoms with Crippen molar-refractivity contribution in [3.63, 3.8) is 0 Å². The van der Waals surface area contributed by atoms with Crippen LogP contribution in [0.5, 0.6) is 0 Å². The van der Waals surface area contributed by atoms with Crippen LogP contribution in [0.4, 0.5) is 0 Å². The van der Waals surface area contributed by atoms with Gasteiger partial charge in [-0.1, -0.05) is 47.6 Å². The maximum Gasteiger partial charge on any atom is 0.257 e. The molecule has 1 saturated carbocycles. The zero-order valence-corrected chi connectivity index (χ0v) is 15.8. The number of aromatic nitrogens is 2. The Labute approximate surface area is 164 Å². The Bertz CT molecular complexity index is 953. The molecule has 1 aromatic heterocycles. The van der Waals surface area contributed by atoms with Gasteiger partial charge in [0.25, 0.3) is 5.89 Å². The lowest BCUT2D eigenvalue weighted by Gasteiger charge is -2.30. The maximum absolute atomic E-state index is 12.5. The molecule has 2 aromatic carbocycles. The zero-order chi connectivity index (χ0) is 18.9. The smallest absolute Gasteiger partial charge is 0.257 e. The summed E-state index contributed by atoms with van der Waals surface area (Å²) < 4.78 is 5.52. The lowest BCUT2D eigenvalue weighted by atomic mass is 9.96. The standard InChI is InChI=1S/C23H23N3O2/c27-21(16-4-2-1-3-5-16)17-6-8-19(9-7-17)23-24-22(25-28-23)18-12-14-26(15-13-18)20-10-11-20/h1-9,18,20H,10-15H2. The van der Waals surface area contributed by atoms with Crippen molar-refractivity contribution in [1.82, 2.24) is 15.0 Å². The van der Waals surface area contributed by atoms with Crippen molar-refractivity contribution in [2.75, 3.05) is 13.1 Å². The fraction of sp³-hybridized carbons (Fsp3) is 0.348. The Kier molecular flexibility index (Phi) is 4.53. The first-order valence-corrected chi connectivity index (χ1v) is 10.1. The first kappa shape index (κ1) is 17.3. The number of benzene rings is 2. The van der Waals surface area contributed by atoms with E-state index in [1.54, 1.807) is 0 Å². The quantitative estimate of drug-likeness (QED) is 0.624. The molecule has 5 heteroatoms. The van der Waals surface area contributed by atoms with Crippen LogP contribution in [0.2, 0.25) is 0 Å². The van der Waals surface area contributed by atoms with Gasteiger partial charge in [-0.05, 0) is 50.9 Å². The largest absolute Gasteiger partial charge is 0.334 e. The highest BCUT2D eigenvalue weighted by atomic mass is 16.5. The van der Waals surface area contributed by atoms with Crippen LogP contribution in [0, 0.1) is 0 Å². The monoisotopic (exact) mass is 373 g/mol. The van der Waals surface area contributed by atoms with Gasteiger partial charge in [-0.15, -0.1) is 0 Å². The maximum atomic E-state index is 12.5. The van der Waals surface area contributed by atoms with Crippen LogP contribution in [0.3, 0.4) is 0 Å². The molecule has 1 aliphatic heterocycles. The molecule has 0 radical (unpaired) electrons. The lowest BCUT2D eigenvalue weighted by molar-refractivity contribution is 0.103. The van der Waals surface area contributed by atoms with Gasteiger partial charge in [-0.2, -0.15) is 4.98 Å². The van der Waals surface area contributed by atoms with E-state index in [0.717, 1.165) is 43.4 Å². The summed E-state index contributed by atoms with van der Waals surface area (Å²) in [4.78, 5) is 19.8. The molecule has 142 valence electrons. The first-order valence-electron chi connectivity index (χ1n) is 10.1. The molecular formula is C23H23N3O2. The molecule has 0 spiro atoms. The number of likely N-dealkylation sites (tertiary alicyclic amines) is 1. The van der Waals surface area contributed by atoms with Crippen LogP contribution in [0.15, 0.2) is 59.1 Å². The second-order valence-corrected chi connectivity index (χ2v) is 7.77. The molecule has 2 heterocycles. The van der Waals surface area contributed by atoms with Crippen LogP contribution < -0.4 is 0 Å². The Hall–Kier alpha value is -2.79. The molecule has 1 saturated heterocycles. The summed E-state index contributed by atoms with van der Waals surface area (Å²) in [6, 6.07) is 17.5. The van der Waals surface area contributed by atoms with Crippen molar-refractivity contribution in [2.24, 2.45) is 0 Å². The van der Waals surface area contributed by atoms with Crippen LogP contribution >= 0.6 is 0 Å². The molecule has 0 unspecified atom stereocenters. The third kappa shape index (κ3) is 3.50. The summed E-state index contributed by atoms with van der Waals surface area (Å²) in [6.45, 7) is 2.27. The summed E-state index contributed by atoms with van der Waals surface area (Å²) in [6.07, 6.45) is 4.92. The molecule has 0 amide bonds. The number of hydrogen-bond donors (Lipinski definition) is 0. The summed E-state index contributed by atoms with van der Waals surface area (Å²) >= 11 is 0. The van der Waals surface area contributed by atoms with E-state index in [9.17, 15) is 4.79 Å². The Balaban J connectivity index is 1.27. The van der Waals surface area contributed by atoms with Crippen molar-refractivity contribution in [3.05, 3.63) is 71.5 Å². The third-order valence-corrected chi connectivity index (χ3v) is 5.83. The summed E-state index contributed by atoms with van der Waals surface area (Å²) in [5.41, 5.74) is 2.19. The molecule has 0 bridgehead atoms. The van der Waals surface area contributed by atoms with Crippen LogP contribution in [-0.2, 0) is 0 Å². The van der Waals surface area contributed by atoms with E-state index in [2.05, 4.69) is 15.0 Å². The molecule has 5 nitrogen and oxygen atoms in total. The first-order chi connectivity index (χ1) is 13.8. The van der Waals surface area contributed by atoms with Gasteiger partial charge in [0.1, 0.15) is 0 Å². The number of nitrogens with zero attached hydrogens (tertiary/aromatic N) is 3. The normalized spacial score (nSPS) is 18.3. The highest BCUT2D eigenvalue weighted by Gasteiger charge is 2.33. The zero-order valence-electron chi connectivity index (χ0n) is 15.8. The van der Waals surface area contributed by atoms with E-state index < -0.39 is 0 Å². The molecule has 5 rings (SSSR count). The molecule has 3 aromatic rings. The van der Waals surface area contributed by atoms with Crippen LogP contribution in [0.1, 0.15) is 53.3 Å². The van der Waals surface area contributed by atoms with E-state index in [-0.39, 0.29) is 5.78 Å². The van der Waals surface area contributed by atoms with Gasteiger partial charge in [0.2, 0.25) is 0 Å². The van der Waals surface area contributed by atoms with Gasteiger partial charge in [-0.25, -0.2) is 0 Å². The van der Waals surface area contributed by atoms with Gasteiger partial charge < -0.3 is 9.42 Å². The Morgan fingerprint density at radius 3 is 2.25 bits per heavy atom. The molecule has 2 aliphatic rings. The second kappa shape index (κ2) is 7.32. The average Bonchev–Trinajstić information content (AvgIpc) is 3.50. The summed E-state index contributed by atoms with van der Waals surface area (Å²) in [7, 11) is 0. The number of hydrogen-bond acceptors (Lipinski definition) is 5. The van der Waals surface area contributed by atoms with E-state index in [0.29, 0.717) is 22.9 Å². The van der Waals surface area contributed by atoms with Gasteiger partial charge >= 0.3 is 0 Å². The molecule has 2 fully saturated rings. The van der Waals surface area contributed by atoms with Gasteiger partial charge in [0.15, 0.2) is 11.6 Å². The fourth-order valence-corrected chi connectivity index (χ4v) is 4.00. The lowest BCUT2D eigenvalue weighted by Crippen LogP contribution is -2.34. The van der Waals surface area contributed by atoms with E-state index >= 15 is 0 Å². The highest BCUT2D eigenvalue weighted by Crippen LogP contribution is 2.34. The molecular weight excluding hydrogens is 350 g/mol. The van der Waals surface area contributed by atoms with E-state index in [4.69, 9.17) is 4.52 Å². The highest BCUT2D eigenvalue weighted by molar-refractivity contribution is 6.09. The van der Waals surface area contributed by atoms with Gasteiger partial charge in [0, 0.05) is 28.7 Å². The minimum Gasteiger partial charge on any atom is -0.334 e. The predicted octanol–water partition coefficient (Wildman–Crippen LogP) is 4.31. The fourth-order valence-electron chi connectivity index (χ4n) is 4.00. The molecule has 1 aliphatic carbocycles.